The van der Waals surface area contributed by atoms with E-state index in [0.717, 1.165) is 64.5 Å². The van der Waals surface area contributed by atoms with Crippen molar-refractivity contribution >= 4 is 17.7 Å². The van der Waals surface area contributed by atoms with Crippen LogP contribution in [-0.4, -0.2) is 106 Å². The van der Waals surface area contributed by atoms with E-state index < -0.39 is 12.1 Å². The lowest BCUT2D eigenvalue weighted by Gasteiger charge is -2.62. The number of nitrogens with zero attached hydrogens (tertiary/aromatic N) is 3. The molecule has 51 heavy (non-hydrogen) atoms. The minimum atomic E-state index is -0.592. The Morgan fingerprint density at radius 2 is 1.53 bits per heavy atom. The van der Waals surface area contributed by atoms with E-state index in [1.54, 1.807) is 4.90 Å². The van der Waals surface area contributed by atoms with Crippen LogP contribution in [0.5, 0.6) is 0 Å². The first-order valence-electron chi connectivity index (χ1n) is 21.4. The number of nitrogens with one attached hydrogen (secondary N) is 1. The average molecular weight is 711 g/mol. The molecule has 5 aliphatic carbocycles. The minimum Gasteiger partial charge on any atom is -0.393 e. The lowest BCUT2D eigenvalue weighted by molar-refractivity contribution is -0.157. The van der Waals surface area contributed by atoms with Crippen molar-refractivity contribution < 1.29 is 24.6 Å². The number of hydrogen-bond donors (Lipinski definition) is 3. The molecule has 5 saturated carbocycles. The Labute approximate surface area is 308 Å². The maximum absolute atomic E-state index is 14.1. The van der Waals surface area contributed by atoms with Crippen LogP contribution in [0.2, 0.25) is 0 Å². The molecule has 7 aliphatic rings. The Kier molecular flexibility index (Phi) is 11.2. The van der Waals surface area contributed by atoms with E-state index in [-0.39, 0.29) is 52.7 Å². The molecule has 0 aromatic carbocycles. The Morgan fingerprint density at radius 3 is 2.25 bits per heavy atom. The first-order valence-corrected chi connectivity index (χ1v) is 21.4. The van der Waals surface area contributed by atoms with Crippen molar-refractivity contribution in [1.82, 2.24) is 20.0 Å². The van der Waals surface area contributed by atoms with Crippen molar-refractivity contribution in [2.75, 3.05) is 32.7 Å². The van der Waals surface area contributed by atoms with Crippen molar-refractivity contribution in [3.8, 4) is 0 Å². The molecule has 0 spiro atoms. The van der Waals surface area contributed by atoms with Crippen LogP contribution in [0.1, 0.15) is 137 Å². The van der Waals surface area contributed by atoms with Gasteiger partial charge in [-0.25, -0.2) is 0 Å². The number of amides is 3. The zero-order valence-electron chi connectivity index (χ0n) is 32.4. The molecule has 2 heterocycles. The molecule has 3 amide bonds. The molecule has 0 radical (unpaired) electrons. The van der Waals surface area contributed by atoms with Crippen LogP contribution in [0.3, 0.4) is 0 Å². The van der Waals surface area contributed by atoms with Gasteiger partial charge in [0.05, 0.1) is 12.2 Å². The standard InChI is InChI=1S/C42H70N4O5/c1-27(2)23-33(43-39(50)34-11-8-18-46(34)38(49)24-28-9-6-5-7-10-28)40(51)45-21-19-44(20-22-45)35-26-42(4)29(25-36(35)47)12-13-30-31-14-15-37(48)41(31,3)17-16-32(30)42/h27-37,47-48H,5-26H2,1-4H3,(H,43,50)/t29-,30-,31-,32-,33-,34-,35-,36-,37-,41-,42-/m0/s1. The fraction of sp³-hybridized carbons (Fsp3) is 0.929. The molecule has 288 valence electrons. The van der Waals surface area contributed by atoms with Gasteiger partial charge in [0.25, 0.3) is 0 Å². The zero-order chi connectivity index (χ0) is 36.1. The molecule has 9 nitrogen and oxygen atoms in total. The summed E-state index contributed by atoms with van der Waals surface area (Å²) in [6.45, 7) is 12.4. The van der Waals surface area contributed by atoms with Crippen molar-refractivity contribution in [3.05, 3.63) is 0 Å². The maximum Gasteiger partial charge on any atom is 0.245 e. The number of aliphatic hydroxyl groups is 2. The number of likely N-dealkylation sites (tertiary alicyclic amines) is 1. The highest BCUT2D eigenvalue weighted by Crippen LogP contribution is 2.66. The van der Waals surface area contributed by atoms with E-state index in [1.165, 1.54) is 38.5 Å². The Bertz CT molecular complexity index is 1260. The summed E-state index contributed by atoms with van der Waals surface area (Å²) in [5.41, 5.74) is 0.281. The van der Waals surface area contributed by atoms with Crippen LogP contribution in [0.15, 0.2) is 0 Å². The van der Waals surface area contributed by atoms with Gasteiger partial charge in [0.1, 0.15) is 12.1 Å². The van der Waals surface area contributed by atoms with E-state index in [0.29, 0.717) is 68.5 Å². The predicted molar refractivity (Wildman–Crippen MR) is 198 cm³/mol. The first kappa shape index (κ1) is 37.6. The summed E-state index contributed by atoms with van der Waals surface area (Å²) in [5, 5.41) is 25.7. The summed E-state index contributed by atoms with van der Waals surface area (Å²) in [7, 11) is 0. The average Bonchev–Trinajstić information content (AvgIpc) is 3.73. The van der Waals surface area contributed by atoms with E-state index in [2.05, 4.69) is 37.9 Å². The number of aliphatic hydroxyl groups excluding tert-OH is 2. The molecule has 9 heteroatoms. The molecule has 0 aromatic rings. The SMILES string of the molecule is CC(C)C[C@H](NC(=O)[C@@H]1CCCN1C(=O)CC1CCCCC1)C(=O)N1CCN([C@H]2C[C@@]3(C)[C@@H](CC[C@@H]4[C@@H]3CC[C@]3(C)[C@@H](O)CC[C@@H]43)C[C@@H]2O)CC1. The van der Waals surface area contributed by atoms with Gasteiger partial charge in [-0.05, 0) is 130 Å². The Morgan fingerprint density at radius 1 is 0.804 bits per heavy atom. The highest BCUT2D eigenvalue weighted by molar-refractivity contribution is 5.92. The van der Waals surface area contributed by atoms with Gasteiger partial charge in [0.2, 0.25) is 17.7 Å². The molecule has 7 rings (SSSR count). The van der Waals surface area contributed by atoms with Gasteiger partial charge in [-0.3, -0.25) is 19.3 Å². The normalized spacial score (nSPS) is 41.2. The summed E-state index contributed by atoms with van der Waals surface area (Å²) >= 11 is 0. The molecule has 0 unspecified atom stereocenters. The lowest BCUT2D eigenvalue weighted by atomic mass is 9.44. The first-order chi connectivity index (χ1) is 24.4. The second kappa shape index (κ2) is 15.2. The summed E-state index contributed by atoms with van der Waals surface area (Å²) in [6.07, 6.45) is 16.8. The quantitative estimate of drug-likeness (QED) is 0.313. The Hall–Kier alpha value is -1.71. The van der Waals surface area contributed by atoms with Crippen molar-refractivity contribution in [1.29, 1.82) is 0 Å². The smallest absolute Gasteiger partial charge is 0.245 e. The van der Waals surface area contributed by atoms with Gasteiger partial charge in [-0.1, -0.05) is 47.0 Å². The van der Waals surface area contributed by atoms with Crippen LogP contribution >= 0.6 is 0 Å². The number of fused-ring (bicyclic) bond motifs is 5. The third-order valence-electron chi connectivity index (χ3n) is 16.1. The molecule has 11 atom stereocenters. The van der Waals surface area contributed by atoms with Gasteiger partial charge in [-0.2, -0.15) is 0 Å². The lowest BCUT2D eigenvalue weighted by Crippen LogP contribution is -2.63. The van der Waals surface area contributed by atoms with Gasteiger partial charge >= 0.3 is 0 Å². The Balaban J connectivity index is 0.959. The van der Waals surface area contributed by atoms with Gasteiger partial charge in [0, 0.05) is 45.2 Å². The molecular weight excluding hydrogens is 640 g/mol. The summed E-state index contributed by atoms with van der Waals surface area (Å²) < 4.78 is 0. The van der Waals surface area contributed by atoms with Crippen molar-refractivity contribution in [3.63, 3.8) is 0 Å². The van der Waals surface area contributed by atoms with Crippen molar-refractivity contribution in [2.24, 2.45) is 46.3 Å². The zero-order valence-corrected chi connectivity index (χ0v) is 32.4. The van der Waals surface area contributed by atoms with E-state index in [1.807, 2.05) is 4.90 Å². The molecule has 7 fully saturated rings. The summed E-state index contributed by atoms with van der Waals surface area (Å²) in [5.74, 6) is 3.14. The second-order valence-electron chi connectivity index (χ2n) is 19.4. The van der Waals surface area contributed by atoms with Crippen LogP contribution in [0.25, 0.3) is 0 Å². The largest absolute Gasteiger partial charge is 0.393 e. The molecule has 2 aliphatic heterocycles. The summed E-state index contributed by atoms with van der Waals surface area (Å²) in [6, 6.07) is -0.963. The monoisotopic (exact) mass is 711 g/mol. The topological polar surface area (TPSA) is 113 Å². The number of rotatable bonds is 8. The van der Waals surface area contributed by atoms with Gasteiger partial charge < -0.3 is 25.3 Å². The van der Waals surface area contributed by atoms with Crippen LogP contribution < -0.4 is 5.32 Å². The molecule has 2 saturated heterocycles. The highest BCUT2D eigenvalue weighted by atomic mass is 16.3. The summed E-state index contributed by atoms with van der Waals surface area (Å²) in [4.78, 5) is 47.4. The fourth-order valence-electron chi connectivity index (χ4n) is 13.2. The molecular formula is C42H70N4O5. The van der Waals surface area contributed by atoms with Crippen LogP contribution in [0, 0.1) is 46.3 Å². The second-order valence-corrected chi connectivity index (χ2v) is 19.4. The molecule has 0 bridgehead atoms. The number of carbonyl (C=O) groups excluding carboxylic acids is 3. The molecule has 0 aromatic heterocycles. The van der Waals surface area contributed by atoms with Gasteiger partial charge in [0.15, 0.2) is 0 Å². The number of hydrogen-bond acceptors (Lipinski definition) is 6. The van der Waals surface area contributed by atoms with Crippen molar-refractivity contribution in [2.45, 2.75) is 167 Å². The maximum atomic E-state index is 14.1. The highest BCUT2D eigenvalue weighted by Gasteiger charge is 2.61. The van der Waals surface area contributed by atoms with Crippen LogP contribution in [-0.2, 0) is 14.4 Å². The van der Waals surface area contributed by atoms with E-state index in [9.17, 15) is 24.6 Å². The minimum absolute atomic E-state index is 0.00914. The van der Waals surface area contributed by atoms with Gasteiger partial charge in [-0.15, -0.1) is 0 Å². The third kappa shape index (κ3) is 7.27. The third-order valence-corrected chi connectivity index (χ3v) is 16.1. The number of carbonyl (C=O) groups is 3. The predicted octanol–water partition coefficient (Wildman–Crippen LogP) is 5.37. The number of piperazine rings is 1. The molecule has 3 N–H and O–H groups in total. The van der Waals surface area contributed by atoms with E-state index >= 15 is 0 Å². The van der Waals surface area contributed by atoms with E-state index in [4.69, 9.17) is 0 Å². The van der Waals surface area contributed by atoms with Crippen LogP contribution in [0.4, 0.5) is 0 Å². The fourth-order valence-corrected chi connectivity index (χ4v) is 13.2.